The summed E-state index contributed by atoms with van der Waals surface area (Å²) in [7, 11) is 0. The second-order valence-electron chi connectivity index (χ2n) is 5.25. The summed E-state index contributed by atoms with van der Waals surface area (Å²) in [6, 6.07) is 2.84. The van der Waals surface area contributed by atoms with Crippen LogP contribution in [0.2, 0.25) is 0 Å². The predicted octanol–water partition coefficient (Wildman–Crippen LogP) is 2.13. The molecule has 6 nitrogen and oxygen atoms in total. The molecule has 114 valence electrons. The van der Waals surface area contributed by atoms with E-state index in [-0.39, 0.29) is 17.5 Å². The first-order valence-corrected chi connectivity index (χ1v) is 7.08. The molecule has 1 fully saturated rings. The lowest BCUT2D eigenvalue weighted by Gasteiger charge is -2.34. The van der Waals surface area contributed by atoms with Crippen LogP contribution < -0.4 is 5.32 Å². The van der Waals surface area contributed by atoms with Crippen LogP contribution in [0.25, 0.3) is 0 Å². The zero-order valence-electron chi connectivity index (χ0n) is 12.2. The zero-order chi connectivity index (χ0) is 15.4. The second-order valence-corrected chi connectivity index (χ2v) is 5.25. The van der Waals surface area contributed by atoms with Gasteiger partial charge in [0.15, 0.2) is 0 Å². The van der Waals surface area contributed by atoms with Crippen molar-refractivity contribution in [3.63, 3.8) is 0 Å². The van der Waals surface area contributed by atoms with Gasteiger partial charge in [0.25, 0.3) is 5.69 Å². The lowest BCUT2D eigenvalue weighted by Crippen LogP contribution is -2.45. The van der Waals surface area contributed by atoms with Gasteiger partial charge in [-0.3, -0.25) is 15.0 Å². The van der Waals surface area contributed by atoms with Crippen LogP contribution in [0.5, 0.6) is 5.75 Å². The van der Waals surface area contributed by atoms with Gasteiger partial charge in [-0.05, 0) is 25.0 Å². The minimum absolute atomic E-state index is 0.0228. The lowest BCUT2D eigenvalue weighted by molar-refractivity contribution is -0.386. The molecule has 6 heteroatoms. The molecule has 0 aliphatic carbocycles. The number of hydrogen-bond acceptors (Lipinski definition) is 5. The topological polar surface area (TPSA) is 78.6 Å². The third-order valence-corrected chi connectivity index (χ3v) is 3.91. The molecule has 0 spiro atoms. The Balaban J connectivity index is 2.49. The Morgan fingerprint density at radius 1 is 1.52 bits per heavy atom. The number of aromatic hydroxyl groups is 1. The minimum atomic E-state index is -0.424. The number of hydrogen-bond donors (Lipinski definition) is 2. The van der Waals surface area contributed by atoms with Crippen LogP contribution in [0.1, 0.15) is 23.6 Å². The highest BCUT2D eigenvalue weighted by molar-refractivity contribution is 5.54. The van der Waals surface area contributed by atoms with Gasteiger partial charge in [0.2, 0.25) is 0 Å². The number of piperazine rings is 1. The Kier molecular flexibility index (Phi) is 4.93. The molecule has 0 radical (unpaired) electrons. The summed E-state index contributed by atoms with van der Waals surface area (Å²) in [5, 5.41) is 25.0. The monoisotopic (exact) mass is 291 g/mol. The summed E-state index contributed by atoms with van der Waals surface area (Å²) < 4.78 is 0. The van der Waals surface area contributed by atoms with E-state index in [9.17, 15) is 15.2 Å². The quantitative estimate of drug-likeness (QED) is 0.493. The predicted molar refractivity (Wildman–Crippen MR) is 81.5 cm³/mol. The van der Waals surface area contributed by atoms with Crippen molar-refractivity contribution < 1.29 is 10.0 Å². The van der Waals surface area contributed by atoms with Gasteiger partial charge < -0.3 is 10.4 Å². The van der Waals surface area contributed by atoms with E-state index in [1.54, 1.807) is 19.1 Å². The average molecular weight is 291 g/mol. The maximum absolute atomic E-state index is 11.3. The molecule has 0 aromatic heterocycles. The molecule has 1 aromatic rings. The van der Waals surface area contributed by atoms with Crippen LogP contribution >= 0.6 is 0 Å². The van der Waals surface area contributed by atoms with E-state index in [4.69, 9.17) is 0 Å². The fraction of sp³-hybridized carbons (Fsp3) is 0.467. The Hall–Kier alpha value is -1.92. The first-order chi connectivity index (χ1) is 10.1. The normalized spacial score (nSPS) is 17.4. The fourth-order valence-corrected chi connectivity index (χ4v) is 2.80. The van der Waals surface area contributed by atoms with Crippen molar-refractivity contribution in [2.75, 3.05) is 26.2 Å². The molecule has 0 bridgehead atoms. The molecular formula is C15H21N3O3. The van der Waals surface area contributed by atoms with Crippen LogP contribution in [0.15, 0.2) is 24.8 Å². The van der Waals surface area contributed by atoms with E-state index in [1.807, 2.05) is 0 Å². The van der Waals surface area contributed by atoms with Gasteiger partial charge in [0, 0.05) is 38.3 Å². The number of phenols is 1. The second kappa shape index (κ2) is 6.69. The molecule has 1 aliphatic rings. The minimum Gasteiger partial charge on any atom is -0.507 e. The first-order valence-electron chi connectivity index (χ1n) is 7.08. The molecule has 1 saturated heterocycles. The van der Waals surface area contributed by atoms with Crippen molar-refractivity contribution >= 4 is 5.69 Å². The number of benzene rings is 1. The molecule has 0 saturated carbocycles. The lowest BCUT2D eigenvalue weighted by atomic mass is 9.96. The van der Waals surface area contributed by atoms with E-state index in [2.05, 4.69) is 16.8 Å². The number of aryl methyl sites for hydroxylation is 1. The average Bonchev–Trinajstić information content (AvgIpc) is 2.48. The maximum Gasteiger partial charge on any atom is 0.277 e. The SMILES string of the molecule is C=CC[C@@H](c1c([N+](=O)[O-])ccc(C)c1O)N1CCNCC1. The third kappa shape index (κ3) is 3.22. The van der Waals surface area contributed by atoms with Crippen molar-refractivity contribution in [1.29, 1.82) is 0 Å². The van der Waals surface area contributed by atoms with Crippen LogP contribution in [-0.4, -0.2) is 41.1 Å². The highest BCUT2D eigenvalue weighted by Crippen LogP contribution is 2.40. The number of nitro groups is 1. The Labute approximate surface area is 124 Å². The molecule has 2 rings (SSSR count). The summed E-state index contributed by atoms with van der Waals surface area (Å²) in [6.07, 6.45) is 2.32. The third-order valence-electron chi connectivity index (χ3n) is 3.91. The molecule has 0 unspecified atom stereocenters. The van der Waals surface area contributed by atoms with E-state index in [0.29, 0.717) is 17.5 Å². The number of nitrogens with zero attached hydrogens (tertiary/aromatic N) is 2. The van der Waals surface area contributed by atoms with Gasteiger partial charge in [-0.2, -0.15) is 0 Å². The molecule has 1 atom stereocenters. The number of nitro benzene ring substituents is 1. The van der Waals surface area contributed by atoms with Crippen molar-refractivity contribution in [3.8, 4) is 5.75 Å². The van der Waals surface area contributed by atoms with Crippen LogP contribution in [0.3, 0.4) is 0 Å². The highest BCUT2D eigenvalue weighted by atomic mass is 16.6. The largest absolute Gasteiger partial charge is 0.507 e. The molecule has 2 N–H and O–H groups in total. The molecule has 21 heavy (non-hydrogen) atoms. The zero-order valence-corrected chi connectivity index (χ0v) is 12.2. The van der Waals surface area contributed by atoms with Crippen LogP contribution in [0.4, 0.5) is 5.69 Å². The van der Waals surface area contributed by atoms with Crippen molar-refractivity contribution in [2.45, 2.75) is 19.4 Å². The summed E-state index contributed by atoms with van der Waals surface area (Å²) in [5.41, 5.74) is 1.03. The summed E-state index contributed by atoms with van der Waals surface area (Å²) in [5.74, 6) is 0.0228. The number of nitrogens with one attached hydrogen (secondary N) is 1. The summed E-state index contributed by atoms with van der Waals surface area (Å²) in [6.45, 7) is 8.78. The maximum atomic E-state index is 11.3. The smallest absolute Gasteiger partial charge is 0.277 e. The van der Waals surface area contributed by atoms with Gasteiger partial charge in [-0.1, -0.05) is 6.08 Å². The Morgan fingerprint density at radius 2 is 2.19 bits per heavy atom. The number of rotatable bonds is 5. The van der Waals surface area contributed by atoms with Gasteiger partial charge in [-0.15, -0.1) is 6.58 Å². The van der Waals surface area contributed by atoms with E-state index in [1.165, 1.54) is 6.07 Å². The van der Waals surface area contributed by atoms with E-state index < -0.39 is 4.92 Å². The highest BCUT2D eigenvalue weighted by Gasteiger charge is 2.31. The molecule has 0 amide bonds. The van der Waals surface area contributed by atoms with Crippen LogP contribution in [0, 0.1) is 17.0 Å². The molecular weight excluding hydrogens is 270 g/mol. The molecule has 1 heterocycles. The molecule has 1 aliphatic heterocycles. The van der Waals surface area contributed by atoms with Crippen molar-refractivity contribution in [1.82, 2.24) is 10.2 Å². The van der Waals surface area contributed by atoms with Gasteiger partial charge in [0.1, 0.15) is 5.75 Å². The van der Waals surface area contributed by atoms with Gasteiger partial charge in [0.05, 0.1) is 10.5 Å². The van der Waals surface area contributed by atoms with Gasteiger partial charge >= 0.3 is 0 Å². The van der Waals surface area contributed by atoms with Crippen molar-refractivity contribution in [2.24, 2.45) is 0 Å². The summed E-state index contributed by atoms with van der Waals surface area (Å²) >= 11 is 0. The molecule has 1 aromatic carbocycles. The first kappa shape index (κ1) is 15.5. The number of phenolic OH excluding ortho intramolecular Hbond substituents is 1. The van der Waals surface area contributed by atoms with Gasteiger partial charge in [-0.25, -0.2) is 0 Å². The Morgan fingerprint density at radius 3 is 2.76 bits per heavy atom. The summed E-state index contributed by atoms with van der Waals surface area (Å²) in [4.78, 5) is 13.1. The standard InChI is InChI=1S/C15H21N3O3/c1-3-4-12(17-9-7-16-8-10-17)14-13(18(20)21)6-5-11(2)15(14)19/h3,5-6,12,16,19H,1,4,7-10H2,2H3/t12-/m0/s1. The fourth-order valence-electron chi connectivity index (χ4n) is 2.80. The van der Waals surface area contributed by atoms with Crippen molar-refractivity contribution in [3.05, 3.63) is 46.0 Å². The Bertz CT molecular complexity index is 539. The van der Waals surface area contributed by atoms with Crippen LogP contribution in [-0.2, 0) is 0 Å². The van der Waals surface area contributed by atoms with E-state index >= 15 is 0 Å². The van der Waals surface area contributed by atoms with E-state index in [0.717, 1.165) is 26.2 Å².